The van der Waals surface area contributed by atoms with E-state index in [2.05, 4.69) is 0 Å². The monoisotopic (exact) mass is 251 g/mol. The summed E-state index contributed by atoms with van der Waals surface area (Å²) in [6.45, 7) is 0. The number of hydrogen-bond donors (Lipinski definition) is 0. The SMILES string of the molecule is CN(C)P(F)(F)(C(F)(F)F)C(F)(F)F. The third kappa shape index (κ3) is 1.37. The van der Waals surface area contributed by atoms with E-state index in [0.29, 0.717) is 0 Å². The van der Waals surface area contributed by atoms with E-state index < -0.39 is 23.9 Å². The average molecular weight is 251 g/mol. The molecule has 0 aromatic heterocycles. The molecule has 0 saturated heterocycles. The first-order valence-corrected chi connectivity index (χ1v) is 4.98. The Labute approximate surface area is 73.9 Å². The fraction of sp³-hybridized carbons (Fsp3) is 1.00. The minimum absolute atomic E-state index is 0.0544. The van der Waals surface area contributed by atoms with Gasteiger partial charge in [-0.3, -0.25) is 0 Å². The van der Waals surface area contributed by atoms with Crippen molar-refractivity contribution in [2.45, 2.75) is 11.8 Å². The van der Waals surface area contributed by atoms with E-state index in [1.807, 2.05) is 0 Å². The van der Waals surface area contributed by atoms with E-state index in [4.69, 9.17) is 0 Å². The van der Waals surface area contributed by atoms with Gasteiger partial charge in [0.15, 0.2) is 0 Å². The second kappa shape index (κ2) is 2.91. The number of alkyl halides is 6. The van der Waals surface area contributed by atoms with Crippen molar-refractivity contribution >= 4 is 7.38 Å². The molecule has 0 saturated carbocycles. The molecule has 0 radical (unpaired) electrons. The Balaban J connectivity index is 5.76. The summed E-state index contributed by atoms with van der Waals surface area (Å²) in [4.78, 5) is 0. The maximum atomic E-state index is 12.8. The van der Waals surface area contributed by atoms with Gasteiger partial charge in [0.2, 0.25) is 0 Å². The van der Waals surface area contributed by atoms with E-state index in [-0.39, 0.29) is 14.1 Å². The number of halogens is 8. The summed E-state index contributed by atoms with van der Waals surface area (Å²) >= 11 is 0. The van der Waals surface area contributed by atoms with Gasteiger partial charge in [0.25, 0.3) is 0 Å². The summed E-state index contributed by atoms with van der Waals surface area (Å²) in [5.74, 6) is -13.2. The third-order valence-electron chi connectivity index (χ3n) is 1.57. The molecule has 0 aliphatic rings. The first-order valence-electron chi connectivity index (χ1n) is 3.01. The van der Waals surface area contributed by atoms with Crippen molar-refractivity contribution in [3.63, 3.8) is 0 Å². The summed E-state index contributed by atoms with van der Waals surface area (Å²) in [5.41, 5.74) is 0. The molecule has 0 aromatic carbocycles. The van der Waals surface area contributed by atoms with Gasteiger partial charge in [-0.2, -0.15) is 0 Å². The van der Waals surface area contributed by atoms with E-state index in [1.54, 1.807) is 0 Å². The standard InChI is InChI=1S/C4H6F8NP/c1-13(2)14(11,12,3(5,6)7)4(8,9)10/h1-2H3. The van der Waals surface area contributed by atoms with Gasteiger partial charge in [0.05, 0.1) is 0 Å². The van der Waals surface area contributed by atoms with Crippen LogP contribution in [-0.4, -0.2) is 30.6 Å². The second-order valence-electron chi connectivity index (χ2n) is 2.65. The summed E-state index contributed by atoms with van der Waals surface area (Å²) < 4.78 is 95.1. The molecule has 0 aromatic rings. The quantitative estimate of drug-likeness (QED) is 0.505. The normalized spacial score (nSPS) is 18.1. The van der Waals surface area contributed by atoms with Gasteiger partial charge in [-0.25, -0.2) is 0 Å². The van der Waals surface area contributed by atoms with Crippen molar-refractivity contribution in [1.29, 1.82) is 0 Å². The number of nitrogens with zero attached hydrogens (tertiary/aromatic N) is 1. The molecule has 14 heavy (non-hydrogen) atoms. The van der Waals surface area contributed by atoms with Crippen molar-refractivity contribution in [3.8, 4) is 0 Å². The van der Waals surface area contributed by atoms with Gasteiger partial charge in [0.1, 0.15) is 0 Å². The summed E-state index contributed by atoms with van der Waals surface area (Å²) in [6, 6.07) is 0. The van der Waals surface area contributed by atoms with E-state index >= 15 is 0 Å². The van der Waals surface area contributed by atoms with Crippen molar-refractivity contribution < 1.29 is 34.7 Å². The van der Waals surface area contributed by atoms with Crippen LogP contribution in [0, 0.1) is 0 Å². The molecule has 1 nitrogen and oxygen atoms in total. The fourth-order valence-electron chi connectivity index (χ4n) is 0.597. The molecule has 0 rings (SSSR count). The zero-order chi connectivity index (χ0) is 12.0. The third-order valence-corrected chi connectivity index (χ3v) is 4.70. The minimum atomic E-state index is -8.88. The molecule has 0 heterocycles. The maximum absolute atomic E-state index is 12.8. The molecule has 0 fully saturated rings. The topological polar surface area (TPSA) is 3.24 Å². The van der Waals surface area contributed by atoms with Gasteiger partial charge in [0, 0.05) is 0 Å². The van der Waals surface area contributed by atoms with Crippen molar-refractivity contribution in [3.05, 3.63) is 0 Å². The molecule has 88 valence electrons. The van der Waals surface area contributed by atoms with Crippen LogP contribution in [-0.2, 0) is 0 Å². The predicted molar refractivity (Wildman–Crippen MR) is 34.9 cm³/mol. The molecule has 0 N–H and O–H groups in total. The molecule has 0 spiro atoms. The first-order chi connectivity index (χ1) is 5.75. The summed E-state index contributed by atoms with van der Waals surface area (Å²) in [6.07, 6.45) is 0. The van der Waals surface area contributed by atoms with Crippen LogP contribution < -0.4 is 0 Å². The predicted octanol–water partition coefficient (Wildman–Crippen LogP) is 3.82. The fourth-order valence-corrected chi connectivity index (χ4v) is 1.79. The summed E-state index contributed by atoms with van der Waals surface area (Å²) in [5, 5.41) is 0. The van der Waals surface area contributed by atoms with Gasteiger partial charge >= 0.3 is 72.7 Å². The number of hydrogen-bond acceptors (Lipinski definition) is 1. The van der Waals surface area contributed by atoms with Crippen LogP contribution in [0.5, 0.6) is 0 Å². The van der Waals surface area contributed by atoms with Gasteiger partial charge < -0.3 is 0 Å². The molecule has 0 bridgehead atoms. The van der Waals surface area contributed by atoms with Gasteiger partial charge in [-0.15, -0.1) is 0 Å². The van der Waals surface area contributed by atoms with Crippen LogP contribution in [0.3, 0.4) is 0 Å². The van der Waals surface area contributed by atoms with Crippen molar-refractivity contribution in [2.75, 3.05) is 14.1 Å². The van der Waals surface area contributed by atoms with Crippen molar-refractivity contribution in [1.82, 2.24) is 4.67 Å². The van der Waals surface area contributed by atoms with Crippen LogP contribution in [0.1, 0.15) is 0 Å². The Morgan fingerprint density at radius 1 is 0.786 bits per heavy atom. The molecule has 10 heteroatoms. The Morgan fingerprint density at radius 2 is 1.00 bits per heavy atom. The Kier molecular flexibility index (Phi) is 2.88. The number of rotatable bonds is 1. The second-order valence-corrected chi connectivity index (χ2v) is 6.19. The van der Waals surface area contributed by atoms with Crippen LogP contribution in [0.15, 0.2) is 0 Å². The molecule has 0 atom stereocenters. The van der Waals surface area contributed by atoms with Gasteiger partial charge in [-0.1, -0.05) is 0 Å². The van der Waals surface area contributed by atoms with E-state index in [1.165, 1.54) is 0 Å². The molecule has 0 unspecified atom stereocenters. The first kappa shape index (κ1) is 13.8. The van der Waals surface area contributed by atoms with E-state index in [0.717, 1.165) is 0 Å². The molecular weight excluding hydrogens is 245 g/mol. The molecule has 0 aliphatic carbocycles. The molecule has 0 amide bonds. The van der Waals surface area contributed by atoms with Gasteiger partial charge in [-0.05, 0) is 0 Å². The zero-order valence-electron chi connectivity index (χ0n) is 6.92. The average Bonchev–Trinajstić information content (AvgIpc) is 1.81. The molecular formula is C4H6F8NP. The molecule has 0 aliphatic heterocycles. The Hall–Kier alpha value is -0.170. The van der Waals surface area contributed by atoms with Crippen LogP contribution in [0.2, 0.25) is 0 Å². The van der Waals surface area contributed by atoms with Crippen LogP contribution in [0.4, 0.5) is 34.7 Å². The van der Waals surface area contributed by atoms with E-state index in [9.17, 15) is 34.7 Å². The summed E-state index contributed by atoms with van der Waals surface area (Å²) in [7, 11) is -8.77. The van der Waals surface area contributed by atoms with Crippen LogP contribution in [0.25, 0.3) is 0 Å². The Bertz CT molecular complexity index is 208. The van der Waals surface area contributed by atoms with Crippen molar-refractivity contribution in [2.24, 2.45) is 0 Å². The zero-order valence-corrected chi connectivity index (χ0v) is 7.81. The Morgan fingerprint density at radius 3 is 1.00 bits per heavy atom. The van der Waals surface area contributed by atoms with Crippen LogP contribution >= 0.6 is 7.38 Å².